The lowest BCUT2D eigenvalue weighted by atomic mass is 9.83. The maximum absolute atomic E-state index is 12.3. The highest BCUT2D eigenvalue weighted by Gasteiger charge is 2.55. The van der Waals surface area contributed by atoms with Crippen LogP contribution >= 0.6 is 11.3 Å². The molecule has 2 nitrogen and oxygen atoms in total. The molecule has 2 aliphatic heterocycles. The largest absolute Gasteiger partial charge is 0.323 e. The lowest BCUT2D eigenvalue weighted by molar-refractivity contribution is 0.0567. The van der Waals surface area contributed by atoms with Crippen molar-refractivity contribution >= 4 is 17.2 Å². The third kappa shape index (κ3) is 0.950. The Morgan fingerprint density at radius 1 is 1.56 bits per heavy atom. The molecule has 1 unspecified atom stereocenters. The minimum absolute atomic E-state index is 0.0856. The SMILES string of the molecule is C=C1CN2C(=O)c3ccsc3C2(C(C)C)C1. The van der Waals surface area contributed by atoms with Crippen molar-refractivity contribution in [2.45, 2.75) is 25.8 Å². The fraction of sp³-hybridized carbons (Fsp3) is 0.462. The Kier molecular flexibility index (Phi) is 1.88. The van der Waals surface area contributed by atoms with Gasteiger partial charge in [-0.05, 0) is 23.8 Å². The van der Waals surface area contributed by atoms with E-state index in [4.69, 9.17) is 0 Å². The molecule has 3 heterocycles. The molecule has 0 radical (unpaired) electrons. The van der Waals surface area contributed by atoms with Crippen molar-refractivity contribution in [1.29, 1.82) is 0 Å². The Labute approximate surface area is 99.6 Å². The first-order chi connectivity index (χ1) is 7.57. The number of fused-ring (bicyclic) bond motifs is 3. The van der Waals surface area contributed by atoms with Crippen LogP contribution in [0.3, 0.4) is 0 Å². The molecule has 1 saturated heterocycles. The standard InChI is InChI=1S/C13H15NOS/c1-8(2)13-6-9(3)7-14(13)12(15)10-4-5-16-11(10)13/h4-5,8H,3,6-7H2,1-2H3. The summed E-state index contributed by atoms with van der Waals surface area (Å²) in [7, 11) is 0. The summed E-state index contributed by atoms with van der Waals surface area (Å²) >= 11 is 1.72. The molecule has 0 aliphatic carbocycles. The third-order valence-corrected chi connectivity index (χ3v) is 4.95. The van der Waals surface area contributed by atoms with E-state index in [1.807, 2.05) is 16.3 Å². The third-order valence-electron chi connectivity index (χ3n) is 3.87. The molecule has 0 N–H and O–H groups in total. The molecule has 1 aromatic heterocycles. The molecular formula is C13H15NOS. The number of carbonyl (C=O) groups is 1. The van der Waals surface area contributed by atoms with E-state index in [0.717, 1.165) is 18.5 Å². The number of hydrogen-bond acceptors (Lipinski definition) is 2. The van der Waals surface area contributed by atoms with Gasteiger partial charge in [0, 0.05) is 11.4 Å². The first kappa shape index (κ1) is 10.1. The smallest absolute Gasteiger partial charge is 0.256 e. The molecule has 0 saturated carbocycles. The second-order valence-corrected chi connectivity index (χ2v) is 5.98. The van der Waals surface area contributed by atoms with Crippen LogP contribution in [0, 0.1) is 5.92 Å². The number of thiophene rings is 1. The van der Waals surface area contributed by atoms with Gasteiger partial charge in [0.2, 0.25) is 0 Å². The van der Waals surface area contributed by atoms with Gasteiger partial charge in [-0.15, -0.1) is 11.3 Å². The fourth-order valence-corrected chi connectivity index (χ4v) is 4.33. The first-order valence-electron chi connectivity index (χ1n) is 5.64. The topological polar surface area (TPSA) is 20.3 Å². The Bertz CT molecular complexity index is 488. The zero-order chi connectivity index (χ0) is 11.5. The van der Waals surface area contributed by atoms with E-state index in [1.54, 1.807) is 11.3 Å². The second-order valence-electron chi connectivity index (χ2n) is 5.06. The molecule has 3 heteroatoms. The fourth-order valence-electron chi connectivity index (χ4n) is 3.09. The highest BCUT2D eigenvalue weighted by Crippen LogP contribution is 2.54. The molecule has 1 aromatic rings. The molecule has 1 amide bonds. The van der Waals surface area contributed by atoms with Crippen molar-refractivity contribution in [1.82, 2.24) is 4.90 Å². The van der Waals surface area contributed by atoms with Gasteiger partial charge in [-0.3, -0.25) is 4.79 Å². The molecule has 1 fully saturated rings. The molecule has 2 aliphatic rings. The van der Waals surface area contributed by atoms with Crippen molar-refractivity contribution in [3.8, 4) is 0 Å². The molecule has 0 aromatic carbocycles. The zero-order valence-electron chi connectivity index (χ0n) is 9.62. The van der Waals surface area contributed by atoms with Crippen LogP contribution in [0.2, 0.25) is 0 Å². The molecule has 0 bridgehead atoms. The Hall–Kier alpha value is -1.09. The van der Waals surface area contributed by atoms with Crippen LogP contribution in [-0.2, 0) is 5.54 Å². The number of carbonyl (C=O) groups excluding carboxylic acids is 1. The number of hydrogen-bond donors (Lipinski definition) is 0. The van der Waals surface area contributed by atoms with E-state index in [9.17, 15) is 4.79 Å². The monoisotopic (exact) mass is 233 g/mol. The average molecular weight is 233 g/mol. The van der Waals surface area contributed by atoms with E-state index in [-0.39, 0.29) is 11.4 Å². The molecule has 84 valence electrons. The van der Waals surface area contributed by atoms with E-state index in [1.165, 1.54) is 10.5 Å². The lowest BCUT2D eigenvalue weighted by Gasteiger charge is -2.35. The number of rotatable bonds is 1. The van der Waals surface area contributed by atoms with Crippen LogP contribution in [-0.4, -0.2) is 17.4 Å². The van der Waals surface area contributed by atoms with Gasteiger partial charge in [0.25, 0.3) is 5.91 Å². The maximum atomic E-state index is 12.3. The first-order valence-corrected chi connectivity index (χ1v) is 6.52. The Morgan fingerprint density at radius 2 is 2.31 bits per heavy atom. The van der Waals surface area contributed by atoms with Crippen molar-refractivity contribution < 1.29 is 4.79 Å². The van der Waals surface area contributed by atoms with Crippen LogP contribution < -0.4 is 0 Å². The van der Waals surface area contributed by atoms with Crippen LogP contribution in [0.15, 0.2) is 23.6 Å². The van der Waals surface area contributed by atoms with Crippen molar-refractivity contribution in [2.24, 2.45) is 5.92 Å². The minimum Gasteiger partial charge on any atom is -0.323 e. The van der Waals surface area contributed by atoms with Gasteiger partial charge in [0.15, 0.2) is 0 Å². The lowest BCUT2D eigenvalue weighted by Crippen LogP contribution is -2.42. The predicted octanol–water partition coefficient (Wildman–Crippen LogP) is 3.02. The highest BCUT2D eigenvalue weighted by atomic mass is 32.1. The average Bonchev–Trinajstić information content (AvgIpc) is 2.83. The molecule has 1 atom stereocenters. The van der Waals surface area contributed by atoms with Crippen molar-refractivity contribution in [2.75, 3.05) is 6.54 Å². The molecule has 0 spiro atoms. The second kappa shape index (κ2) is 2.98. The summed E-state index contributed by atoms with van der Waals surface area (Å²) in [6.07, 6.45) is 0.934. The Morgan fingerprint density at radius 3 is 3.00 bits per heavy atom. The van der Waals surface area contributed by atoms with Gasteiger partial charge in [-0.1, -0.05) is 26.0 Å². The predicted molar refractivity (Wildman–Crippen MR) is 65.6 cm³/mol. The van der Waals surface area contributed by atoms with Gasteiger partial charge in [0.05, 0.1) is 11.1 Å². The number of nitrogens with zero attached hydrogens (tertiary/aromatic N) is 1. The Balaban J connectivity index is 2.25. The quantitative estimate of drug-likeness (QED) is 0.683. The minimum atomic E-state index is -0.0856. The van der Waals surface area contributed by atoms with Gasteiger partial charge in [-0.25, -0.2) is 0 Å². The maximum Gasteiger partial charge on any atom is 0.256 e. The molecular weight excluding hydrogens is 218 g/mol. The van der Waals surface area contributed by atoms with Crippen LogP contribution in [0.1, 0.15) is 35.5 Å². The summed E-state index contributed by atoms with van der Waals surface area (Å²) in [6, 6.07) is 1.97. The van der Waals surface area contributed by atoms with Gasteiger partial charge in [-0.2, -0.15) is 0 Å². The van der Waals surface area contributed by atoms with Gasteiger partial charge in [0.1, 0.15) is 0 Å². The molecule has 3 rings (SSSR count). The van der Waals surface area contributed by atoms with Gasteiger partial charge >= 0.3 is 0 Å². The summed E-state index contributed by atoms with van der Waals surface area (Å²) in [5.41, 5.74) is 2.02. The van der Waals surface area contributed by atoms with Crippen LogP contribution in [0.4, 0.5) is 0 Å². The van der Waals surface area contributed by atoms with Crippen LogP contribution in [0.5, 0.6) is 0 Å². The highest BCUT2D eigenvalue weighted by molar-refractivity contribution is 7.10. The van der Waals surface area contributed by atoms with Crippen molar-refractivity contribution in [3.63, 3.8) is 0 Å². The normalized spacial score (nSPS) is 27.8. The van der Waals surface area contributed by atoms with E-state index in [0.29, 0.717) is 5.92 Å². The van der Waals surface area contributed by atoms with E-state index < -0.39 is 0 Å². The zero-order valence-corrected chi connectivity index (χ0v) is 10.4. The summed E-state index contributed by atoms with van der Waals surface area (Å²) in [4.78, 5) is 15.6. The summed E-state index contributed by atoms with van der Waals surface area (Å²) < 4.78 is 0. The summed E-state index contributed by atoms with van der Waals surface area (Å²) in [5, 5.41) is 2.03. The summed E-state index contributed by atoms with van der Waals surface area (Å²) in [5.74, 6) is 0.638. The number of amides is 1. The van der Waals surface area contributed by atoms with Gasteiger partial charge < -0.3 is 4.90 Å². The summed E-state index contributed by atoms with van der Waals surface area (Å²) in [6.45, 7) is 9.21. The van der Waals surface area contributed by atoms with Crippen molar-refractivity contribution in [3.05, 3.63) is 34.0 Å². The van der Waals surface area contributed by atoms with E-state index in [2.05, 4.69) is 20.4 Å². The van der Waals surface area contributed by atoms with Crippen LogP contribution in [0.25, 0.3) is 0 Å². The van der Waals surface area contributed by atoms with E-state index >= 15 is 0 Å². The molecule has 16 heavy (non-hydrogen) atoms.